The lowest BCUT2D eigenvalue weighted by molar-refractivity contribution is -0.697. The predicted molar refractivity (Wildman–Crippen MR) is 148 cm³/mol. The second-order valence-electron chi connectivity index (χ2n) is 8.60. The van der Waals surface area contributed by atoms with Crippen LogP contribution in [0.5, 0.6) is 0 Å². The number of amides is 2. The molecule has 0 aromatic carbocycles. The normalized spacial score (nSPS) is 18.9. The minimum Gasteiger partial charge on any atom is -0.481 e. The molecule has 0 saturated carbocycles. The van der Waals surface area contributed by atoms with E-state index in [1.54, 1.807) is 11.5 Å². The van der Waals surface area contributed by atoms with E-state index < -0.39 is 40.9 Å². The Balaban J connectivity index is 1.37. The minimum absolute atomic E-state index is 0.0578. The molecule has 0 bridgehead atoms. The molecule has 2 atom stereocenters. The number of oxime groups is 1. The number of pyridine rings is 1. The Bertz CT molecular complexity index is 1410. The average molecular weight is 606 g/mol. The first-order valence-corrected chi connectivity index (χ1v) is 14.7. The number of hydrogen-bond donors (Lipinski definition) is 5. The lowest BCUT2D eigenvalue weighted by Gasteiger charge is -2.49. The number of aliphatic carboxylic acids is 2. The maximum atomic E-state index is 12.9. The van der Waals surface area contributed by atoms with Gasteiger partial charge in [-0.3, -0.25) is 19.3 Å². The van der Waals surface area contributed by atoms with E-state index in [2.05, 4.69) is 15.5 Å². The fraction of sp³-hybridized carbons (Fsp3) is 0.292. The smallest absolute Gasteiger partial charge is 0.352 e. The molecule has 0 aliphatic carbocycles. The number of allylic oxidation sites excluding steroid dienone is 1. The Morgan fingerprint density at radius 2 is 2.02 bits per heavy atom. The molecule has 2 aromatic rings. The molecule has 0 radical (unpaired) electrons. The van der Waals surface area contributed by atoms with E-state index in [-0.39, 0.29) is 22.9 Å². The quantitative estimate of drug-likeness (QED) is 0.0447. The number of carbonyl (C=O) groups excluding carboxylic acids is 2. The summed E-state index contributed by atoms with van der Waals surface area (Å²) in [7, 11) is 0. The zero-order valence-electron chi connectivity index (χ0n) is 20.8. The highest BCUT2D eigenvalue weighted by atomic mass is 32.2. The van der Waals surface area contributed by atoms with Gasteiger partial charge in [-0.25, -0.2) is 14.3 Å². The standard InChI is InChI=1S/C24H24N6O7S3/c25-24-26-15(12-40-24)17(28-37)20(33)27-18-21(34)30-19(23(35)36)13(11-39-22(18)30)6-10-38-14-4-8-29(9-5-14)7-2-1-3-16(31)32/h4-6,8-10,12,18,22H,1-3,7,11H2,(H5-,25,26,27,31,32,33,35,36,37)/p+1/b10-6+/t18-,22-/m1/s1. The van der Waals surface area contributed by atoms with Gasteiger partial charge in [0.05, 0.1) is 0 Å². The summed E-state index contributed by atoms with van der Waals surface area (Å²) in [4.78, 5) is 54.2. The van der Waals surface area contributed by atoms with Crippen molar-refractivity contribution in [2.45, 2.75) is 42.1 Å². The Kier molecular flexibility index (Phi) is 9.44. The Labute approximate surface area is 240 Å². The Hall–Kier alpha value is -3.89. The van der Waals surface area contributed by atoms with Crippen LogP contribution in [0.25, 0.3) is 0 Å². The van der Waals surface area contributed by atoms with E-state index in [0.29, 0.717) is 24.3 Å². The molecule has 16 heteroatoms. The fourth-order valence-electron chi connectivity index (χ4n) is 4.03. The zero-order valence-corrected chi connectivity index (χ0v) is 23.2. The maximum absolute atomic E-state index is 12.9. The lowest BCUT2D eigenvalue weighted by atomic mass is 10.0. The van der Waals surface area contributed by atoms with Crippen LogP contribution in [-0.2, 0) is 25.7 Å². The third-order valence-electron chi connectivity index (χ3n) is 5.96. The number of aromatic nitrogens is 2. The van der Waals surface area contributed by atoms with Crippen LogP contribution in [-0.4, -0.2) is 71.9 Å². The highest BCUT2D eigenvalue weighted by molar-refractivity contribution is 8.02. The first-order valence-electron chi connectivity index (χ1n) is 11.9. The van der Waals surface area contributed by atoms with Crippen LogP contribution in [0.1, 0.15) is 25.0 Å². The Morgan fingerprint density at radius 1 is 1.27 bits per heavy atom. The van der Waals surface area contributed by atoms with Gasteiger partial charge in [-0.2, -0.15) is 0 Å². The molecule has 4 heterocycles. The number of thioether (sulfide) groups is 2. The minimum atomic E-state index is -1.26. The largest absolute Gasteiger partial charge is 0.481 e. The number of nitrogens with zero attached hydrogens (tertiary/aromatic N) is 4. The lowest BCUT2D eigenvalue weighted by Crippen LogP contribution is -2.71. The van der Waals surface area contributed by atoms with Crippen molar-refractivity contribution in [3.63, 3.8) is 0 Å². The number of β-lactam (4-membered cyclic amide) rings is 1. The summed E-state index contributed by atoms with van der Waals surface area (Å²) in [6.07, 6.45) is 6.95. The number of hydrogen-bond acceptors (Lipinski definition) is 11. The summed E-state index contributed by atoms with van der Waals surface area (Å²) >= 11 is 3.75. The highest BCUT2D eigenvalue weighted by Crippen LogP contribution is 2.41. The number of rotatable bonds is 12. The molecule has 2 aliphatic heterocycles. The number of anilines is 1. The van der Waals surface area contributed by atoms with Gasteiger partial charge in [0, 0.05) is 41.0 Å². The van der Waals surface area contributed by atoms with E-state index >= 15 is 0 Å². The number of nitrogen functional groups attached to an aromatic ring is 1. The van der Waals surface area contributed by atoms with Crippen LogP contribution in [0.4, 0.5) is 5.13 Å². The molecule has 0 unspecified atom stereocenters. The number of thiazole rings is 1. The molecule has 210 valence electrons. The van der Waals surface area contributed by atoms with Crippen molar-refractivity contribution in [2.24, 2.45) is 5.16 Å². The first kappa shape index (κ1) is 29.1. The first-order chi connectivity index (χ1) is 19.2. The fourth-order valence-corrected chi connectivity index (χ4v) is 6.56. The van der Waals surface area contributed by atoms with Crippen LogP contribution in [0.15, 0.2) is 62.7 Å². The summed E-state index contributed by atoms with van der Waals surface area (Å²) in [5.74, 6) is -3.19. The number of carbonyl (C=O) groups is 4. The van der Waals surface area contributed by atoms with Gasteiger partial charge in [-0.05, 0) is 23.5 Å². The van der Waals surface area contributed by atoms with Crippen molar-refractivity contribution in [3.8, 4) is 0 Å². The number of nitrogens with two attached hydrogens (primary N) is 1. The van der Waals surface area contributed by atoms with E-state index in [1.165, 1.54) is 28.9 Å². The summed E-state index contributed by atoms with van der Waals surface area (Å²) in [6.45, 7) is 0.709. The SMILES string of the molecule is Nc1nc(C(=NO)C(=O)N[C@@H]2C(=O)N3C(C(=O)O)=C(/C=C/Sc4cc[n+](CCCCC(=O)O)cc4)CS[C@H]23)cs1. The van der Waals surface area contributed by atoms with Crippen LogP contribution in [0, 0.1) is 0 Å². The summed E-state index contributed by atoms with van der Waals surface area (Å²) in [5, 5.41) is 36.1. The molecule has 1 saturated heterocycles. The summed E-state index contributed by atoms with van der Waals surface area (Å²) in [5.41, 5.74) is 5.53. The number of carboxylic acids is 2. The van der Waals surface area contributed by atoms with Crippen LogP contribution < -0.4 is 15.6 Å². The van der Waals surface area contributed by atoms with Crippen molar-refractivity contribution >= 4 is 69.5 Å². The van der Waals surface area contributed by atoms with E-state index in [1.807, 2.05) is 29.1 Å². The molecular weight excluding hydrogens is 581 g/mol. The second-order valence-corrected chi connectivity index (χ2v) is 11.6. The van der Waals surface area contributed by atoms with Gasteiger partial charge in [0.2, 0.25) is 0 Å². The van der Waals surface area contributed by atoms with Crippen LogP contribution in [0.3, 0.4) is 0 Å². The molecule has 2 amide bonds. The van der Waals surface area contributed by atoms with Gasteiger partial charge in [0.25, 0.3) is 11.8 Å². The highest BCUT2D eigenvalue weighted by Gasteiger charge is 2.54. The number of nitrogens with one attached hydrogen (secondary N) is 1. The van der Waals surface area contributed by atoms with Crippen LogP contribution in [0.2, 0.25) is 0 Å². The van der Waals surface area contributed by atoms with Gasteiger partial charge < -0.3 is 26.5 Å². The average Bonchev–Trinajstić information content (AvgIpc) is 3.35. The molecule has 4 rings (SSSR count). The maximum Gasteiger partial charge on any atom is 0.352 e. The second kappa shape index (κ2) is 13.0. The van der Waals surface area contributed by atoms with Gasteiger partial charge in [0.1, 0.15) is 29.4 Å². The molecule has 0 spiro atoms. The zero-order chi connectivity index (χ0) is 28.8. The summed E-state index contributed by atoms with van der Waals surface area (Å²) in [6, 6.07) is 2.81. The topological polar surface area (TPSA) is 199 Å². The van der Waals surface area contributed by atoms with Crippen molar-refractivity contribution in [1.82, 2.24) is 15.2 Å². The monoisotopic (exact) mass is 605 g/mol. The van der Waals surface area contributed by atoms with Crippen molar-refractivity contribution in [1.29, 1.82) is 0 Å². The van der Waals surface area contributed by atoms with E-state index in [4.69, 9.17) is 10.8 Å². The third kappa shape index (κ3) is 6.63. The molecule has 40 heavy (non-hydrogen) atoms. The third-order valence-corrected chi connectivity index (χ3v) is 8.75. The van der Waals surface area contributed by atoms with Crippen LogP contribution >= 0.6 is 34.9 Å². The van der Waals surface area contributed by atoms with Crippen molar-refractivity contribution in [3.05, 3.63) is 58.4 Å². The van der Waals surface area contributed by atoms with Gasteiger partial charge in [-0.1, -0.05) is 16.9 Å². The Morgan fingerprint density at radius 3 is 2.65 bits per heavy atom. The van der Waals surface area contributed by atoms with Crippen molar-refractivity contribution < 1.29 is 39.2 Å². The molecular formula is C24H25N6O7S3+. The van der Waals surface area contributed by atoms with Crippen molar-refractivity contribution in [2.75, 3.05) is 11.5 Å². The number of fused-ring (bicyclic) bond motifs is 1. The van der Waals surface area contributed by atoms with Gasteiger partial charge in [0.15, 0.2) is 23.2 Å². The molecule has 2 aromatic heterocycles. The van der Waals surface area contributed by atoms with E-state index in [0.717, 1.165) is 27.6 Å². The van der Waals surface area contributed by atoms with Gasteiger partial charge in [-0.15, -0.1) is 23.1 Å². The molecule has 6 N–H and O–H groups in total. The number of unbranched alkanes of at least 4 members (excludes halogenated alkanes) is 1. The number of carboxylic acid groups (broad SMARTS) is 2. The summed E-state index contributed by atoms with van der Waals surface area (Å²) < 4.78 is 1.96. The number of aryl methyl sites for hydroxylation is 1. The predicted octanol–water partition coefficient (Wildman–Crippen LogP) is 1.49. The molecule has 1 fully saturated rings. The van der Waals surface area contributed by atoms with E-state index in [9.17, 15) is 29.5 Å². The van der Waals surface area contributed by atoms with Gasteiger partial charge >= 0.3 is 11.9 Å². The molecule has 13 nitrogen and oxygen atoms in total. The molecule has 2 aliphatic rings.